The van der Waals surface area contributed by atoms with Gasteiger partial charge in [0.15, 0.2) is 0 Å². The van der Waals surface area contributed by atoms with E-state index in [9.17, 15) is 5.11 Å². The number of phenols is 1. The second kappa shape index (κ2) is 7.62. The summed E-state index contributed by atoms with van der Waals surface area (Å²) in [5, 5.41) is 10.5. The maximum absolute atomic E-state index is 9.80. The highest BCUT2D eigenvalue weighted by Gasteiger charge is 2.08. The molecule has 1 N–H and O–H groups in total. The van der Waals surface area contributed by atoms with Gasteiger partial charge in [0.1, 0.15) is 5.75 Å². The second-order valence-electron chi connectivity index (χ2n) is 4.80. The molecular weight excluding hydrogens is 248 g/mol. The molecule has 0 amide bonds. The molecule has 0 aliphatic heterocycles. The third-order valence-electron chi connectivity index (χ3n) is 2.96. The van der Waals surface area contributed by atoms with Crippen LogP contribution in [-0.2, 0) is 6.54 Å². The summed E-state index contributed by atoms with van der Waals surface area (Å²) in [6.45, 7) is 5.96. The number of halogens is 1. The van der Waals surface area contributed by atoms with Gasteiger partial charge in [0.2, 0.25) is 0 Å². The normalized spacial score (nSPS) is 11.4. The summed E-state index contributed by atoms with van der Waals surface area (Å²) >= 11 is 5.95. The highest BCUT2D eigenvalue weighted by Crippen LogP contribution is 2.22. The average molecular weight is 271 g/mol. The monoisotopic (exact) mass is 270 g/mol. The molecule has 0 saturated heterocycles. The van der Waals surface area contributed by atoms with Crippen LogP contribution >= 0.6 is 11.6 Å². The summed E-state index contributed by atoms with van der Waals surface area (Å²) in [5.41, 5.74) is 0.897. The van der Waals surface area contributed by atoms with Crippen molar-refractivity contribution in [2.24, 2.45) is 0 Å². The van der Waals surface area contributed by atoms with Crippen molar-refractivity contribution >= 4 is 11.6 Å². The SMILES string of the molecule is CCN(CCCN(C)C)Cc1cc(Cl)ccc1O. The maximum atomic E-state index is 9.80. The first-order chi connectivity index (χ1) is 8.52. The van der Waals surface area contributed by atoms with Crippen molar-refractivity contribution in [1.29, 1.82) is 0 Å². The van der Waals surface area contributed by atoms with Crippen LogP contribution in [0.5, 0.6) is 5.75 Å². The third-order valence-corrected chi connectivity index (χ3v) is 3.20. The van der Waals surface area contributed by atoms with Gasteiger partial charge in [-0.3, -0.25) is 4.90 Å². The average Bonchev–Trinajstić information content (AvgIpc) is 2.32. The van der Waals surface area contributed by atoms with Gasteiger partial charge in [-0.2, -0.15) is 0 Å². The Morgan fingerprint density at radius 1 is 1.22 bits per heavy atom. The van der Waals surface area contributed by atoms with Gasteiger partial charge in [0.05, 0.1) is 0 Å². The van der Waals surface area contributed by atoms with Crippen molar-refractivity contribution in [3.8, 4) is 5.75 Å². The fraction of sp³-hybridized carbons (Fsp3) is 0.571. The fourth-order valence-corrected chi connectivity index (χ4v) is 2.08. The van der Waals surface area contributed by atoms with Crippen molar-refractivity contribution < 1.29 is 5.11 Å². The third kappa shape index (κ3) is 5.25. The lowest BCUT2D eigenvalue weighted by molar-refractivity contribution is 0.256. The van der Waals surface area contributed by atoms with E-state index in [1.165, 1.54) is 0 Å². The van der Waals surface area contributed by atoms with Crippen molar-refractivity contribution in [2.75, 3.05) is 33.7 Å². The lowest BCUT2D eigenvalue weighted by Gasteiger charge is -2.22. The summed E-state index contributed by atoms with van der Waals surface area (Å²) < 4.78 is 0. The molecule has 3 nitrogen and oxygen atoms in total. The molecule has 1 aromatic rings. The first-order valence-corrected chi connectivity index (χ1v) is 6.75. The number of nitrogens with zero attached hydrogens (tertiary/aromatic N) is 2. The summed E-state index contributed by atoms with van der Waals surface area (Å²) in [5.74, 6) is 0.324. The largest absolute Gasteiger partial charge is 0.508 e. The Kier molecular flexibility index (Phi) is 6.47. The van der Waals surface area contributed by atoms with Gasteiger partial charge in [-0.15, -0.1) is 0 Å². The molecule has 0 radical (unpaired) electrons. The zero-order valence-corrected chi connectivity index (χ0v) is 12.2. The molecule has 1 aromatic carbocycles. The minimum Gasteiger partial charge on any atom is -0.508 e. The predicted octanol–water partition coefficient (Wildman–Crippen LogP) is 2.82. The van der Waals surface area contributed by atoms with E-state index in [0.29, 0.717) is 10.8 Å². The summed E-state index contributed by atoms with van der Waals surface area (Å²) in [6.07, 6.45) is 1.13. The summed E-state index contributed by atoms with van der Waals surface area (Å²) in [6, 6.07) is 5.21. The molecule has 0 spiro atoms. The summed E-state index contributed by atoms with van der Waals surface area (Å²) in [7, 11) is 4.16. The Balaban J connectivity index is 2.54. The summed E-state index contributed by atoms with van der Waals surface area (Å²) in [4.78, 5) is 4.50. The van der Waals surface area contributed by atoms with Gasteiger partial charge in [-0.25, -0.2) is 0 Å². The van der Waals surface area contributed by atoms with Gasteiger partial charge >= 0.3 is 0 Å². The zero-order valence-electron chi connectivity index (χ0n) is 11.5. The van der Waals surface area contributed by atoms with E-state index in [1.54, 1.807) is 12.1 Å². The van der Waals surface area contributed by atoms with Crippen LogP contribution in [0.15, 0.2) is 18.2 Å². The molecule has 4 heteroatoms. The lowest BCUT2D eigenvalue weighted by Crippen LogP contribution is -2.26. The first kappa shape index (κ1) is 15.3. The van der Waals surface area contributed by atoms with Crippen LogP contribution in [0.2, 0.25) is 5.02 Å². The maximum Gasteiger partial charge on any atom is 0.120 e. The number of hydrogen-bond donors (Lipinski definition) is 1. The van der Waals surface area contributed by atoms with E-state index in [4.69, 9.17) is 11.6 Å². The van der Waals surface area contributed by atoms with Gasteiger partial charge in [-0.05, 0) is 58.3 Å². The number of benzene rings is 1. The van der Waals surface area contributed by atoms with E-state index in [0.717, 1.165) is 38.2 Å². The molecule has 0 fully saturated rings. The van der Waals surface area contributed by atoms with E-state index >= 15 is 0 Å². The van der Waals surface area contributed by atoms with Crippen molar-refractivity contribution in [3.63, 3.8) is 0 Å². The fourth-order valence-electron chi connectivity index (χ4n) is 1.88. The lowest BCUT2D eigenvalue weighted by atomic mass is 10.2. The van der Waals surface area contributed by atoms with Crippen molar-refractivity contribution in [3.05, 3.63) is 28.8 Å². The molecule has 0 aliphatic rings. The number of hydrogen-bond acceptors (Lipinski definition) is 3. The molecule has 0 heterocycles. The van der Waals surface area contributed by atoms with Crippen LogP contribution in [0.1, 0.15) is 18.9 Å². The van der Waals surface area contributed by atoms with Crippen LogP contribution in [0.3, 0.4) is 0 Å². The van der Waals surface area contributed by atoms with Crippen molar-refractivity contribution in [2.45, 2.75) is 19.9 Å². The standard InChI is InChI=1S/C14H23ClN2O/c1-4-17(9-5-8-16(2)3)11-12-10-13(15)6-7-14(12)18/h6-7,10,18H,4-5,8-9,11H2,1-3H3. The van der Waals surface area contributed by atoms with Gasteiger partial charge in [0, 0.05) is 17.1 Å². The molecule has 0 atom stereocenters. The Morgan fingerprint density at radius 3 is 2.56 bits per heavy atom. The number of aromatic hydroxyl groups is 1. The molecule has 0 bridgehead atoms. The zero-order chi connectivity index (χ0) is 13.5. The molecular formula is C14H23ClN2O. The second-order valence-corrected chi connectivity index (χ2v) is 5.24. The minimum atomic E-state index is 0.324. The quantitative estimate of drug-likeness (QED) is 0.825. The highest BCUT2D eigenvalue weighted by atomic mass is 35.5. The topological polar surface area (TPSA) is 26.7 Å². The van der Waals surface area contributed by atoms with E-state index in [-0.39, 0.29) is 0 Å². The van der Waals surface area contributed by atoms with Gasteiger partial charge in [0.25, 0.3) is 0 Å². The van der Waals surface area contributed by atoms with Crippen LogP contribution in [-0.4, -0.2) is 48.6 Å². The molecule has 102 valence electrons. The molecule has 0 unspecified atom stereocenters. The molecule has 18 heavy (non-hydrogen) atoms. The molecule has 0 aliphatic carbocycles. The molecule has 1 rings (SSSR count). The van der Waals surface area contributed by atoms with Crippen LogP contribution in [0.4, 0.5) is 0 Å². The predicted molar refractivity (Wildman–Crippen MR) is 77.2 cm³/mol. The van der Waals surface area contributed by atoms with Crippen LogP contribution in [0, 0.1) is 0 Å². The Hall–Kier alpha value is -0.770. The first-order valence-electron chi connectivity index (χ1n) is 6.37. The van der Waals surface area contributed by atoms with E-state index in [2.05, 4.69) is 30.8 Å². The molecule has 0 saturated carbocycles. The van der Waals surface area contributed by atoms with Gasteiger partial charge in [-0.1, -0.05) is 18.5 Å². The van der Waals surface area contributed by atoms with Crippen LogP contribution in [0.25, 0.3) is 0 Å². The number of rotatable bonds is 7. The van der Waals surface area contributed by atoms with Crippen molar-refractivity contribution in [1.82, 2.24) is 9.80 Å². The smallest absolute Gasteiger partial charge is 0.120 e. The van der Waals surface area contributed by atoms with E-state index < -0.39 is 0 Å². The highest BCUT2D eigenvalue weighted by molar-refractivity contribution is 6.30. The molecule has 0 aromatic heterocycles. The number of phenolic OH excluding ortho intramolecular Hbond substituents is 1. The van der Waals surface area contributed by atoms with Gasteiger partial charge < -0.3 is 10.0 Å². The van der Waals surface area contributed by atoms with Crippen LogP contribution < -0.4 is 0 Å². The van der Waals surface area contributed by atoms with E-state index in [1.807, 2.05) is 6.07 Å². The minimum absolute atomic E-state index is 0.324. The Bertz CT molecular complexity index is 369. The Morgan fingerprint density at radius 2 is 1.94 bits per heavy atom. The Labute approximate surface area is 115 Å².